The van der Waals surface area contributed by atoms with Gasteiger partial charge < -0.3 is 36.1 Å². The van der Waals surface area contributed by atoms with E-state index in [4.69, 9.17) is 37.3 Å². The number of nitrogens with one attached hydrogen (secondary N) is 3. The highest BCUT2D eigenvalue weighted by Crippen LogP contribution is 2.36. The summed E-state index contributed by atoms with van der Waals surface area (Å²) >= 11 is 6.14. The molecule has 36 heavy (non-hydrogen) atoms. The number of hydrogen-bond acceptors (Lipinski definition) is 7. The molecular formula is C25H25ClN4O6. The van der Waals surface area contributed by atoms with E-state index in [0.717, 1.165) is 0 Å². The molecule has 0 radical (unpaired) electrons. The number of phenolic OH excluding ortho intramolecular Hbond substituents is 1. The first kappa shape index (κ1) is 26.2. The monoisotopic (exact) mass is 512 g/mol. The third-order valence-electron chi connectivity index (χ3n) is 4.91. The smallest absolute Gasteiger partial charge is 0.341 e. The van der Waals surface area contributed by atoms with Gasteiger partial charge in [-0.2, -0.15) is 0 Å². The number of carboxylic acid groups (broad SMARTS) is 1. The van der Waals surface area contributed by atoms with Crippen LogP contribution in [-0.4, -0.2) is 41.1 Å². The van der Waals surface area contributed by atoms with Gasteiger partial charge in [-0.3, -0.25) is 10.2 Å². The fourth-order valence-electron chi connectivity index (χ4n) is 3.32. The Morgan fingerprint density at radius 1 is 1.08 bits per heavy atom. The summed E-state index contributed by atoms with van der Waals surface area (Å²) in [5, 5.41) is 32.9. The lowest BCUT2D eigenvalue weighted by Crippen LogP contribution is -2.16. The topological polar surface area (TPSA) is 167 Å². The van der Waals surface area contributed by atoms with Crippen molar-refractivity contribution in [3.63, 3.8) is 0 Å². The average molecular weight is 513 g/mol. The van der Waals surface area contributed by atoms with Crippen LogP contribution in [0.15, 0.2) is 54.6 Å². The van der Waals surface area contributed by atoms with Gasteiger partial charge in [0.05, 0.1) is 12.2 Å². The van der Waals surface area contributed by atoms with Crippen molar-refractivity contribution in [3.8, 4) is 17.2 Å². The minimum atomic E-state index is -1.17. The average Bonchev–Trinajstić information content (AvgIpc) is 2.83. The van der Waals surface area contributed by atoms with E-state index in [1.807, 2.05) is 0 Å². The molecule has 3 aromatic rings. The number of amidine groups is 1. The van der Waals surface area contributed by atoms with Gasteiger partial charge in [0.2, 0.25) is 0 Å². The van der Waals surface area contributed by atoms with Crippen LogP contribution in [-0.2, 0) is 11.3 Å². The molecule has 3 rings (SSSR count). The molecule has 0 spiro atoms. The Balaban J connectivity index is 1.85. The molecule has 7 N–H and O–H groups in total. The van der Waals surface area contributed by atoms with E-state index >= 15 is 0 Å². The van der Waals surface area contributed by atoms with Crippen LogP contribution >= 0.6 is 11.6 Å². The quantitative estimate of drug-likeness (QED) is 0.165. The summed E-state index contributed by atoms with van der Waals surface area (Å²) in [4.78, 5) is 24.1. The van der Waals surface area contributed by atoms with Crippen molar-refractivity contribution in [2.45, 2.75) is 13.5 Å². The number of carboxylic acids is 1. The van der Waals surface area contributed by atoms with Crippen molar-refractivity contribution in [2.24, 2.45) is 5.73 Å². The predicted molar refractivity (Wildman–Crippen MR) is 137 cm³/mol. The molecule has 0 aliphatic carbocycles. The number of carbonyl (C=O) groups is 2. The lowest BCUT2D eigenvalue weighted by atomic mass is 10.1. The molecular weight excluding hydrogens is 488 g/mol. The van der Waals surface area contributed by atoms with E-state index in [2.05, 4.69) is 10.6 Å². The SMILES string of the molecule is CCOc1cc(O)cc(CNc2ccc(Cl)cc2C(=O)Nc2ccc(C(=N)N)cc2)c1OCC(=O)O. The van der Waals surface area contributed by atoms with E-state index in [0.29, 0.717) is 27.5 Å². The van der Waals surface area contributed by atoms with Crippen molar-refractivity contribution in [3.05, 3.63) is 76.3 Å². The summed E-state index contributed by atoms with van der Waals surface area (Å²) in [5.41, 5.74) is 7.58. The number of nitrogens with two attached hydrogens (primary N) is 1. The van der Waals surface area contributed by atoms with Crippen LogP contribution in [0.1, 0.15) is 28.4 Å². The van der Waals surface area contributed by atoms with Crippen LogP contribution in [0.25, 0.3) is 0 Å². The van der Waals surface area contributed by atoms with Gasteiger partial charge in [0.1, 0.15) is 11.6 Å². The van der Waals surface area contributed by atoms with Crippen LogP contribution in [0.3, 0.4) is 0 Å². The van der Waals surface area contributed by atoms with Crippen molar-refractivity contribution in [1.82, 2.24) is 0 Å². The van der Waals surface area contributed by atoms with Crippen molar-refractivity contribution in [2.75, 3.05) is 23.8 Å². The molecule has 188 valence electrons. The first-order valence-corrected chi connectivity index (χ1v) is 11.2. The van der Waals surface area contributed by atoms with Crippen LogP contribution in [0.2, 0.25) is 5.02 Å². The number of aromatic hydroxyl groups is 1. The second kappa shape index (κ2) is 11.8. The predicted octanol–water partition coefficient (Wildman–Crippen LogP) is 4.06. The molecule has 0 atom stereocenters. The third-order valence-corrected chi connectivity index (χ3v) is 5.14. The van der Waals surface area contributed by atoms with Crippen LogP contribution < -0.4 is 25.8 Å². The first-order chi connectivity index (χ1) is 17.2. The van der Waals surface area contributed by atoms with E-state index < -0.39 is 18.5 Å². The Hall–Kier alpha value is -4.44. The molecule has 10 nitrogen and oxygen atoms in total. The number of aliphatic carboxylic acids is 1. The number of carbonyl (C=O) groups excluding carboxylic acids is 1. The van der Waals surface area contributed by atoms with Crippen LogP contribution in [0, 0.1) is 5.41 Å². The highest BCUT2D eigenvalue weighted by molar-refractivity contribution is 6.31. The van der Waals surface area contributed by atoms with E-state index in [1.165, 1.54) is 18.2 Å². The fraction of sp³-hybridized carbons (Fsp3) is 0.160. The van der Waals surface area contributed by atoms with Gasteiger partial charge in [0.25, 0.3) is 5.91 Å². The highest BCUT2D eigenvalue weighted by Gasteiger charge is 2.17. The molecule has 0 saturated carbocycles. The Morgan fingerprint density at radius 2 is 1.81 bits per heavy atom. The maximum Gasteiger partial charge on any atom is 0.341 e. The van der Waals surface area contributed by atoms with Gasteiger partial charge in [-0.05, 0) is 55.5 Å². The number of amides is 1. The lowest BCUT2D eigenvalue weighted by molar-refractivity contribution is -0.139. The highest BCUT2D eigenvalue weighted by atomic mass is 35.5. The van der Waals surface area contributed by atoms with E-state index in [1.54, 1.807) is 43.3 Å². The minimum Gasteiger partial charge on any atom is -0.508 e. The third kappa shape index (κ3) is 6.80. The Labute approximate surface area is 212 Å². The van der Waals surface area contributed by atoms with Gasteiger partial charge in [-0.15, -0.1) is 0 Å². The lowest BCUT2D eigenvalue weighted by Gasteiger charge is -2.18. The second-order valence-corrected chi connectivity index (χ2v) is 7.97. The fourth-order valence-corrected chi connectivity index (χ4v) is 3.49. The molecule has 0 aliphatic heterocycles. The Morgan fingerprint density at radius 3 is 2.44 bits per heavy atom. The molecule has 3 aromatic carbocycles. The zero-order valence-electron chi connectivity index (χ0n) is 19.3. The molecule has 0 fully saturated rings. The van der Waals surface area contributed by atoms with Crippen molar-refractivity contribution in [1.29, 1.82) is 5.41 Å². The Kier molecular flexibility index (Phi) is 8.58. The molecule has 0 aromatic heterocycles. The van der Waals surface area contributed by atoms with Gasteiger partial charge in [-0.25, -0.2) is 4.79 Å². The molecule has 0 bridgehead atoms. The van der Waals surface area contributed by atoms with Crippen LogP contribution in [0.5, 0.6) is 17.2 Å². The number of ether oxygens (including phenoxy) is 2. The minimum absolute atomic E-state index is 0.0681. The Bertz CT molecular complexity index is 1280. The number of halogens is 1. The largest absolute Gasteiger partial charge is 0.508 e. The molecule has 1 amide bonds. The number of anilines is 2. The second-order valence-electron chi connectivity index (χ2n) is 7.54. The van der Waals surface area contributed by atoms with Crippen molar-refractivity contribution >= 4 is 40.7 Å². The molecule has 0 unspecified atom stereocenters. The summed E-state index contributed by atoms with van der Waals surface area (Å²) < 4.78 is 10.9. The van der Waals surface area contributed by atoms with E-state index in [-0.39, 0.29) is 41.8 Å². The van der Waals surface area contributed by atoms with Gasteiger partial charge >= 0.3 is 5.97 Å². The molecule has 0 aliphatic rings. The number of phenols is 1. The summed E-state index contributed by atoms with van der Waals surface area (Å²) in [6.45, 7) is 1.48. The number of hydrogen-bond donors (Lipinski definition) is 6. The summed E-state index contributed by atoms with van der Waals surface area (Å²) in [6.07, 6.45) is 0. The number of benzene rings is 3. The van der Waals surface area contributed by atoms with E-state index in [9.17, 15) is 14.7 Å². The van der Waals surface area contributed by atoms with Crippen LogP contribution in [0.4, 0.5) is 11.4 Å². The van der Waals surface area contributed by atoms with Gasteiger partial charge in [-0.1, -0.05) is 11.6 Å². The van der Waals surface area contributed by atoms with Gasteiger partial charge in [0.15, 0.2) is 18.1 Å². The molecule has 0 heterocycles. The zero-order chi connectivity index (χ0) is 26.2. The maximum absolute atomic E-state index is 13.0. The number of rotatable bonds is 11. The first-order valence-electron chi connectivity index (χ1n) is 10.8. The zero-order valence-corrected chi connectivity index (χ0v) is 20.1. The summed E-state index contributed by atoms with van der Waals surface area (Å²) in [5.74, 6) is -1.43. The maximum atomic E-state index is 13.0. The summed E-state index contributed by atoms with van der Waals surface area (Å²) in [7, 11) is 0. The number of nitrogen functional groups attached to an aromatic ring is 1. The van der Waals surface area contributed by atoms with Crippen molar-refractivity contribution < 1.29 is 29.3 Å². The molecule has 11 heteroatoms. The summed E-state index contributed by atoms with van der Waals surface area (Å²) in [6, 6.07) is 14.0. The normalized spacial score (nSPS) is 10.4. The van der Waals surface area contributed by atoms with Gasteiger partial charge in [0, 0.05) is 40.1 Å². The molecule has 0 saturated heterocycles. The standard InChI is InChI=1S/C25H25ClN4O6/c1-2-35-21-11-18(31)9-15(23(21)36-13-22(32)33)12-29-20-8-5-16(26)10-19(20)25(34)30-17-6-3-14(4-7-17)24(27)28/h3-11,29,31H,2,12-13H2,1H3,(H3,27,28)(H,30,34)(H,32,33).